The van der Waals surface area contributed by atoms with Crippen LogP contribution < -0.4 is 5.32 Å². The Labute approximate surface area is 128 Å². The van der Waals surface area contributed by atoms with Gasteiger partial charge in [0.2, 0.25) is 5.95 Å². The molecule has 1 heterocycles. The SMILES string of the molecule is COCC(C)Nc1nc(C)cn1CCN(C)C1CCCC1. The lowest BCUT2D eigenvalue weighted by atomic mass is 10.2. The van der Waals surface area contributed by atoms with Gasteiger partial charge in [-0.05, 0) is 33.7 Å². The highest BCUT2D eigenvalue weighted by molar-refractivity contribution is 5.30. The highest BCUT2D eigenvalue weighted by Gasteiger charge is 2.19. The Morgan fingerprint density at radius 1 is 1.48 bits per heavy atom. The maximum absolute atomic E-state index is 5.18. The van der Waals surface area contributed by atoms with E-state index in [9.17, 15) is 0 Å². The Morgan fingerprint density at radius 2 is 2.19 bits per heavy atom. The zero-order valence-electron chi connectivity index (χ0n) is 13.9. The minimum absolute atomic E-state index is 0.267. The lowest BCUT2D eigenvalue weighted by Crippen LogP contribution is -2.32. The summed E-state index contributed by atoms with van der Waals surface area (Å²) in [7, 11) is 3.98. The van der Waals surface area contributed by atoms with E-state index in [1.54, 1.807) is 7.11 Å². The van der Waals surface area contributed by atoms with Crippen LogP contribution >= 0.6 is 0 Å². The van der Waals surface area contributed by atoms with Gasteiger partial charge >= 0.3 is 0 Å². The summed E-state index contributed by atoms with van der Waals surface area (Å²) in [5, 5.41) is 3.43. The number of imidazole rings is 1. The fourth-order valence-electron chi connectivity index (χ4n) is 3.14. The van der Waals surface area contributed by atoms with Gasteiger partial charge < -0.3 is 19.5 Å². The molecule has 0 amide bonds. The number of methoxy groups -OCH3 is 1. The number of aryl methyl sites for hydroxylation is 1. The summed E-state index contributed by atoms with van der Waals surface area (Å²) < 4.78 is 7.41. The first kappa shape index (κ1) is 16.3. The third-order valence-electron chi connectivity index (χ3n) is 4.33. The largest absolute Gasteiger partial charge is 0.383 e. The van der Waals surface area contributed by atoms with Crippen LogP contribution in [0.3, 0.4) is 0 Å². The molecule has 21 heavy (non-hydrogen) atoms. The van der Waals surface area contributed by atoms with Gasteiger partial charge in [-0.1, -0.05) is 12.8 Å². The zero-order valence-corrected chi connectivity index (χ0v) is 13.9. The van der Waals surface area contributed by atoms with E-state index in [0.717, 1.165) is 30.8 Å². The van der Waals surface area contributed by atoms with Crippen LogP contribution in [0.5, 0.6) is 0 Å². The zero-order chi connectivity index (χ0) is 15.2. The monoisotopic (exact) mass is 294 g/mol. The van der Waals surface area contributed by atoms with Crippen molar-refractivity contribution in [2.45, 2.75) is 58.2 Å². The van der Waals surface area contributed by atoms with Gasteiger partial charge in [-0.15, -0.1) is 0 Å². The molecule has 5 heteroatoms. The molecule has 0 spiro atoms. The van der Waals surface area contributed by atoms with Crippen LogP contribution in [0.1, 0.15) is 38.3 Å². The Kier molecular flexibility index (Phi) is 6.06. The van der Waals surface area contributed by atoms with Gasteiger partial charge in [0.25, 0.3) is 0 Å². The second kappa shape index (κ2) is 7.80. The molecule has 0 saturated heterocycles. The number of likely N-dealkylation sites (N-methyl/N-ethyl adjacent to an activating group) is 1. The second-order valence-electron chi connectivity index (χ2n) is 6.32. The molecule has 120 valence electrons. The van der Waals surface area contributed by atoms with Gasteiger partial charge in [-0.25, -0.2) is 4.98 Å². The average molecular weight is 294 g/mol. The molecule has 1 aliphatic rings. The number of hydrogen-bond donors (Lipinski definition) is 1. The first-order valence-corrected chi connectivity index (χ1v) is 8.09. The fourth-order valence-corrected chi connectivity index (χ4v) is 3.14. The Balaban J connectivity index is 1.89. The third-order valence-corrected chi connectivity index (χ3v) is 4.33. The van der Waals surface area contributed by atoms with Crippen LogP contribution in [0, 0.1) is 6.92 Å². The van der Waals surface area contributed by atoms with Crippen molar-refractivity contribution in [3.05, 3.63) is 11.9 Å². The van der Waals surface area contributed by atoms with Crippen molar-refractivity contribution in [1.82, 2.24) is 14.5 Å². The predicted octanol–water partition coefficient (Wildman–Crippen LogP) is 2.51. The van der Waals surface area contributed by atoms with Crippen molar-refractivity contribution in [3.63, 3.8) is 0 Å². The van der Waals surface area contributed by atoms with E-state index in [4.69, 9.17) is 4.74 Å². The molecule has 1 N–H and O–H groups in total. The smallest absolute Gasteiger partial charge is 0.203 e. The molecule has 1 fully saturated rings. The van der Waals surface area contributed by atoms with E-state index in [-0.39, 0.29) is 6.04 Å². The number of nitrogens with zero attached hydrogens (tertiary/aromatic N) is 3. The number of rotatable bonds is 8. The van der Waals surface area contributed by atoms with E-state index in [0.29, 0.717) is 6.61 Å². The van der Waals surface area contributed by atoms with Crippen molar-refractivity contribution >= 4 is 5.95 Å². The quantitative estimate of drug-likeness (QED) is 0.800. The lowest BCUT2D eigenvalue weighted by molar-refractivity contribution is 0.190. The van der Waals surface area contributed by atoms with Crippen molar-refractivity contribution in [3.8, 4) is 0 Å². The summed E-state index contributed by atoms with van der Waals surface area (Å²) in [4.78, 5) is 7.09. The van der Waals surface area contributed by atoms with E-state index < -0.39 is 0 Å². The first-order valence-electron chi connectivity index (χ1n) is 8.09. The van der Waals surface area contributed by atoms with Gasteiger partial charge in [0.1, 0.15) is 0 Å². The summed E-state index contributed by atoms with van der Waals surface area (Å²) in [5.41, 5.74) is 1.06. The molecule has 0 aliphatic heterocycles. The maximum Gasteiger partial charge on any atom is 0.203 e. The lowest BCUT2D eigenvalue weighted by Gasteiger charge is -2.24. The number of nitrogens with one attached hydrogen (secondary N) is 1. The van der Waals surface area contributed by atoms with Crippen LogP contribution in [0.4, 0.5) is 5.95 Å². The summed E-state index contributed by atoms with van der Waals surface area (Å²) in [6.45, 7) is 6.91. The van der Waals surface area contributed by atoms with Gasteiger partial charge in [0, 0.05) is 38.5 Å². The van der Waals surface area contributed by atoms with Crippen LogP contribution in [0.25, 0.3) is 0 Å². The molecule has 1 aromatic rings. The van der Waals surface area contributed by atoms with E-state index in [2.05, 4.69) is 39.9 Å². The number of hydrogen-bond acceptors (Lipinski definition) is 4. The summed E-state index contributed by atoms with van der Waals surface area (Å²) >= 11 is 0. The fraction of sp³-hybridized carbons (Fsp3) is 0.812. The molecule has 0 radical (unpaired) electrons. The number of ether oxygens (including phenoxy) is 1. The average Bonchev–Trinajstić information content (AvgIpc) is 3.06. The molecule has 0 bridgehead atoms. The minimum Gasteiger partial charge on any atom is -0.383 e. The molecule has 0 aromatic carbocycles. The van der Waals surface area contributed by atoms with Gasteiger partial charge in [0.05, 0.1) is 12.3 Å². The molecule has 1 aromatic heterocycles. The molecule has 1 saturated carbocycles. The highest BCUT2D eigenvalue weighted by Crippen LogP contribution is 2.22. The highest BCUT2D eigenvalue weighted by atomic mass is 16.5. The molecular formula is C16H30N4O. The maximum atomic E-state index is 5.18. The number of anilines is 1. The topological polar surface area (TPSA) is 42.3 Å². The molecular weight excluding hydrogens is 264 g/mol. The van der Waals surface area contributed by atoms with Crippen molar-refractivity contribution < 1.29 is 4.74 Å². The van der Waals surface area contributed by atoms with Crippen molar-refractivity contribution in [2.24, 2.45) is 0 Å². The van der Waals surface area contributed by atoms with Crippen LogP contribution in [-0.2, 0) is 11.3 Å². The molecule has 1 atom stereocenters. The van der Waals surface area contributed by atoms with Gasteiger partial charge in [-0.3, -0.25) is 0 Å². The van der Waals surface area contributed by atoms with Crippen molar-refractivity contribution in [2.75, 3.05) is 32.6 Å². The Hall–Kier alpha value is -1.07. The van der Waals surface area contributed by atoms with Crippen LogP contribution in [-0.4, -0.2) is 53.8 Å². The summed E-state index contributed by atoms with van der Waals surface area (Å²) in [6.07, 6.45) is 7.62. The van der Waals surface area contributed by atoms with E-state index in [1.807, 2.05) is 6.92 Å². The summed E-state index contributed by atoms with van der Waals surface area (Å²) in [5.74, 6) is 0.955. The van der Waals surface area contributed by atoms with Crippen LogP contribution in [0.15, 0.2) is 6.20 Å². The molecule has 1 aliphatic carbocycles. The standard InChI is InChI=1S/C16H30N4O/c1-13-11-20(16(17-13)18-14(2)12-21-4)10-9-19(3)15-7-5-6-8-15/h11,14-15H,5-10,12H2,1-4H3,(H,17,18). The summed E-state index contributed by atoms with van der Waals surface area (Å²) in [6, 6.07) is 1.04. The first-order chi connectivity index (χ1) is 10.1. The van der Waals surface area contributed by atoms with Gasteiger partial charge in [-0.2, -0.15) is 0 Å². The molecule has 5 nitrogen and oxygen atoms in total. The molecule has 1 unspecified atom stereocenters. The third kappa shape index (κ3) is 4.71. The van der Waals surface area contributed by atoms with Gasteiger partial charge in [0.15, 0.2) is 0 Å². The van der Waals surface area contributed by atoms with Crippen LogP contribution in [0.2, 0.25) is 0 Å². The predicted molar refractivity (Wildman–Crippen MR) is 86.8 cm³/mol. The molecule has 2 rings (SSSR count). The minimum atomic E-state index is 0.267. The Bertz CT molecular complexity index is 426. The van der Waals surface area contributed by atoms with Crippen molar-refractivity contribution in [1.29, 1.82) is 0 Å². The number of aromatic nitrogens is 2. The van der Waals surface area contributed by atoms with E-state index in [1.165, 1.54) is 25.7 Å². The normalized spacial score (nSPS) is 17.6. The van der Waals surface area contributed by atoms with E-state index >= 15 is 0 Å². The Morgan fingerprint density at radius 3 is 2.86 bits per heavy atom. The second-order valence-corrected chi connectivity index (χ2v) is 6.32.